The maximum atomic E-state index is 12.9. The molecule has 1 atom stereocenters. The van der Waals surface area contributed by atoms with Crippen LogP contribution in [0.2, 0.25) is 0 Å². The number of amides is 1. The van der Waals surface area contributed by atoms with Crippen LogP contribution in [0.1, 0.15) is 35.3 Å². The Morgan fingerprint density at radius 3 is 2.92 bits per heavy atom. The van der Waals surface area contributed by atoms with Crippen LogP contribution in [0.15, 0.2) is 24.3 Å². The molecule has 6 heteroatoms. The van der Waals surface area contributed by atoms with E-state index < -0.39 is 0 Å². The topological polar surface area (TPSA) is 70.2 Å². The number of aromatic amines is 1. The zero-order valence-electron chi connectivity index (χ0n) is 14.8. The van der Waals surface area contributed by atoms with E-state index in [1.165, 1.54) is 31.5 Å². The minimum Gasteiger partial charge on any atom is -0.377 e. The molecule has 2 bridgehead atoms. The third kappa shape index (κ3) is 2.83. The fourth-order valence-electron chi connectivity index (χ4n) is 4.54. The standard InChI is InChI=1S/C20H24N4O2/c25-20(21-18-12-24-7-3-14(18)4-8-24)19-16-11-15(1-2-17(16)22-23-19)13-5-9-26-10-6-13/h1-2,5,11,14,18H,3-4,6-10,12H2,(H,21,25)(H,22,23). The number of aromatic nitrogens is 2. The highest BCUT2D eigenvalue weighted by Crippen LogP contribution is 2.29. The molecule has 1 unspecified atom stereocenters. The van der Waals surface area contributed by atoms with Crippen molar-refractivity contribution in [3.8, 4) is 0 Å². The molecule has 4 aliphatic rings. The van der Waals surface area contributed by atoms with Crippen molar-refractivity contribution in [2.45, 2.75) is 25.3 Å². The molecule has 3 fully saturated rings. The Balaban J connectivity index is 1.41. The Bertz CT molecular complexity index is 864. The van der Waals surface area contributed by atoms with E-state index in [1.54, 1.807) is 0 Å². The summed E-state index contributed by atoms with van der Waals surface area (Å²) < 4.78 is 5.40. The summed E-state index contributed by atoms with van der Waals surface area (Å²) in [5.74, 6) is 0.546. The lowest BCUT2D eigenvalue weighted by atomic mass is 9.84. The number of ether oxygens (including phenoxy) is 1. The van der Waals surface area contributed by atoms with Crippen LogP contribution < -0.4 is 5.32 Å². The number of carbonyl (C=O) groups is 1. The Labute approximate surface area is 152 Å². The highest BCUT2D eigenvalue weighted by Gasteiger charge is 2.35. The Hall–Kier alpha value is -2.18. The van der Waals surface area contributed by atoms with Gasteiger partial charge in [-0.2, -0.15) is 5.10 Å². The zero-order chi connectivity index (χ0) is 17.5. The Morgan fingerprint density at radius 1 is 1.31 bits per heavy atom. The molecular weight excluding hydrogens is 328 g/mol. The third-order valence-corrected chi connectivity index (χ3v) is 6.08. The Morgan fingerprint density at radius 2 is 2.19 bits per heavy atom. The molecule has 0 saturated carbocycles. The Kier molecular flexibility index (Phi) is 4.02. The van der Waals surface area contributed by atoms with Crippen molar-refractivity contribution in [3.63, 3.8) is 0 Å². The van der Waals surface area contributed by atoms with E-state index in [2.05, 4.69) is 38.6 Å². The molecule has 1 amide bonds. The molecular formula is C20H24N4O2. The number of nitrogens with zero attached hydrogens (tertiary/aromatic N) is 2. The van der Waals surface area contributed by atoms with Crippen molar-refractivity contribution >= 4 is 22.4 Å². The van der Waals surface area contributed by atoms with Crippen molar-refractivity contribution in [1.29, 1.82) is 0 Å². The van der Waals surface area contributed by atoms with E-state index in [1.807, 2.05) is 6.07 Å². The van der Waals surface area contributed by atoms with Gasteiger partial charge in [0.2, 0.25) is 0 Å². The van der Waals surface area contributed by atoms with Gasteiger partial charge in [0.1, 0.15) is 0 Å². The van der Waals surface area contributed by atoms with Gasteiger partial charge in [0, 0.05) is 18.0 Å². The number of hydrogen-bond acceptors (Lipinski definition) is 4. The quantitative estimate of drug-likeness (QED) is 0.888. The summed E-state index contributed by atoms with van der Waals surface area (Å²) in [6.45, 7) is 4.72. The van der Waals surface area contributed by atoms with Crippen LogP contribution in [0.4, 0.5) is 0 Å². The van der Waals surface area contributed by atoms with Gasteiger partial charge in [-0.05, 0) is 61.5 Å². The molecule has 1 aromatic heterocycles. The first-order valence-corrected chi connectivity index (χ1v) is 9.56. The van der Waals surface area contributed by atoms with E-state index in [4.69, 9.17) is 4.74 Å². The summed E-state index contributed by atoms with van der Waals surface area (Å²) in [5.41, 5.74) is 3.84. The summed E-state index contributed by atoms with van der Waals surface area (Å²) >= 11 is 0. The van der Waals surface area contributed by atoms with Crippen molar-refractivity contribution in [3.05, 3.63) is 35.5 Å². The summed E-state index contributed by atoms with van der Waals surface area (Å²) in [7, 11) is 0. The van der Waals surface area contributed by atoms with E-state index in [0.29, 0.717) is 18.2 Å². The van der Waals surface area contributed by atoms with Crippen molar-refractivity contribution in [2.24, 2.45) is 5.92 Å². The van der Waals surface area contributed by atoms with Crippen LogP contribution >= 0.6 is 0 Å². The highest BCUT2D eigenvalue weighted by atomic mass is 16.5. The molecule has 0 spiro atoms. The average molecular weight is 352 g/mol. The minimum atomic E-state index is -0.0619. The predicted molar refractivity (Wildman–Crippen MR) is 99.9 cm³/mol. The van der Waals surface area contributed by atoms with Crippen molar-refractivity contribution < 1.29 is 9.53 Å². The van der Waals surface area contributed by atoms with Crippen LogP contribution in [-0.4, -0.2) is 59.9 Å². The number of carbonyl (C=O) groups excluding carboxylic acids is 1. The second kappa shape index (κ2) is 6.52. The monoisotopic (exact) mass is 352 g/mol. The zero-order valence-corrected chi connectivity index (χ0v) is 14.8. The summed E-state index contributed by atoms with van der Waals surface area (Å²) in [5, 5.41) is 11.5. The van der Waals surface area contributed by atoms with Crippen LogP contribution in [0.25, 0.3) is 16.5 Å². The van der Waals surface area contributed by atoms with Crippen molar-refractivity contribution in [1.82, 2.24) is 20.4 Å². The molecule has 3 saturated heterocycles. The third-order valence-electron chi connectivity index (χ3n) is 6.08. The fourth-order valence-corrected chi connectivity index (χ4v) is 4.54. The molecule has 1 aromatic carbocycles. The average Bonchev–Trinajstić information content (AvgIpc) is 3.13. The van der Waals surface area contributed by atoms with Gasteiger partial charge >= 0.3 is 0 Å². The van der Waals surface area contributed by atoms with E-state index in [-0.39, 0.29) is 11.9 Å². The number of rotatable bonds is 3. The number of piperidine rings is 3. The molecule has 4 aliphatic heterocycles. The molecule has 0 radical (unpaired) electrons. The van der Waals surface area contributed by atoms with E-state index >= 15 is 0 Å². The van der Waals surface area contributed by atoms with Gasteiger partial charge in [-0.1, -0.05) is 12.1 Å². The first kappa shape index (κ1) is 16.0. The maximum Gasteiger partial charge on any atom is 0.272 e. The lowest BCUT2D eigenvalue weighted by Crippen LogP contribution is -2.57. The lowest BCUT2D eigenvalue weighted by molar-refractivity contribution is 0.0618. The first-order valence-electron chi connectivity index (χ1n) is 9.56. The first-order chi connectivity index (χ1) is 12.8. The lowest BCUT2D eigenvalue weighted by Gasteiger charge is -2.44. The molecule has 2 aromatic rings. The smallest absolute Gasteiger partial charge is 0.272 e. The number of fused-ring (bicyclic) bond motifs is 4. The molecule has 2 N–H and O–H groups in total. The molecule has 26 heavy (non-hydrogen) atoms. The van der Waals surface area contributed by atoms with Gasteiger partial charge in [-0.3, -0.25) is 9.89 Å². The highest BCUT2D eigenvalue weighted by molar-refractivity contribution is 6.05. The molecule has 6 rings (SSSR count). The SMILES string of the molecule is O=C(NC1CN2CCC1CC2)c1n[nH]c2ccc(C3=CCOCC3)cc12. The minimum absolute atomic E-state index is 0.0619. The van der Waals surface area contributed by atoms with Crippen molar-refractivity contribution in [2.75, 3.05) is 32.8 Å². The predicted octanol–water partition coefficient (Wildman–Crippen LogP) is 2.19. The number of nitrogens with one attached hydrogen (secondary N) is 2. The van der Waals surface area contributed by atoms with E-state index in [9.17, 15) is 4.79 Å². The van der Waals surface area contributed by atoms with Gasteiger partial charge in [0.05, 0.1) is 18.7 Å². The largest absolute Gasteiger partial charge is 0.377 e. The van der Waals surface area contributed by atoms with Gasteiger partial charge < -0.3 is 15.0 Å². The normalized spacial score (nSPS) is 28.2. The van der Waals surface area contributed by atoms with Gasteiger partial charge in [0.25, 0.3) is 5.91 Å². The van der Waals surface area contributed by atoms with Crippen LogP contribution in [0.3, 0.4) is 0 Å². The number of benzene rings is 1. The van der Waals surface area contributed by atoms with Crippen LogP contribution in [0, 0.1) is 5.92 Å². The van der Waals surface area contributed by atoms with Gasteiger partial charge in [-0.15, -0.1) is 0 Å². The van der Waals surface area contributed by atoms with Crippen LogP contribution in [-0.2, 0) is 4.74 Å². The summed E-state index contributed by atoms with van der Waals surface area (Å²) in [6.07, 6.45) is 5.40. The maximum absolute atomic E-state index is 12.9. The summed E-state index contributed by atoms with van der Waals surface area (Å²) in [4.78, 5) is 15.4. The van der Waals surface area contributed by atoms with Gasteiger partial charge in [0.15, 0.2) is 5.69 Å². The van der Waals surface area contributed by atoms with E-state index in [0.717, 1.165) is 36.0 Å². The second-order valence-electron chi connectivity index (χ2n) is 7.60. The molecule has 0 aliphatic carbocycles. The van der Waals surface area contributed by atoms with Gasteiger partial charge in [-0.25, -0.2) is 0 Å². The fraction of sp³-hybridized carbons (Fsp3) is 0.500. The summed E-state index contributed by atoms with van der Waals surface area (Å²) in [6, 6.07) is 6.44. The number of hydrogen-bond donors (Lipinski definition) is 2. The number of H-pyrrole nitrogens is 1. The molecule has 136 valence electrons. The van der Waals surface area contributed by atoms with Crippen LogP contribution in [0.5, 0.6) is 0 Å². The molecule has 5 heterocycles. The second-order valence-corrected chi connectivity index (χ2v) is 7.60. The molecule has 6 nitrogen and oxygen atoms in total.